The molecule has 35 heavy (non-hydrogen) atoms. The molecule has 1 aliphatic carbocycles. The highest BCUT2D eigenvalue weighted by Gasteiger charge is 2.44. The number of rotatable bonds is 8. The average Bonchev–Trinajstić information content (AvgIpc) is 3.22. The van der Waals surface area contributed by atoms with Crippen LogP contribution in [0, 0.1) is 5.41 Å². The fourth-order valence-corrected chi connectivity index (χ4v) is 5.92. The van der Waals surface area contributed by atoms with Crippen LogP contribution in [0.25, 0.3) is 17.1 Å². The predicted octanol–water partition coefficient (Wildman–Crippen LogP) is 5.40. The topological polar surface area (TPSA) is 88.2 Å². The molecular weight excluding hydrogens is 480 g/mol. The number of hydrogen-bond acceptors (Lipinski definition) is 7. The van der Waals surface area contributed by atoms with Crippen LogP contribution in [-0.4, -0.2) is 43.6 Å². The predicted molar refractivity (Wildman–Crippen MR) is 143 cm³/mol. The lowest BCUT2D eigenvalue weighted by Gasteiger charge is -2.35. The Balaban J connectivity index is 1.40. The molecule has 1 atom stereocenters. The first-order chi connectivity index (χ1) is 16.8. The summed E-state index contributed by atoms with van der Waals surface area (Å²) >= 11 is 1.69. The van der Waals surface area contributed by atoms with Crippen LogP contribution >= 0.6 is 11.9 Å². The van der Waals surface area contributed by atoms with Crippen molar-refractivity contribution in [3.05, 3.63) is 36.5 Å². The molecule has 1 saturated carbocycles. The third kappa shape index (κ3) is 5.59. The van der Waals surface area contributed by atoms with Gasteiger partial charge < -0.3 is 14.0 Å². The second-order valence-electron chi connectivity index (χ2n) is 10.5. The summed E-state index contributed by atoms with van der Waals surface area (Å²) in [7, 11) is -1.44. The molecule has 1 saturated heterocycles. The van der Waals surface area contributed by atoms with Crippen molar-refractivity contribution in [2.24, 2.45) is 5.41 Å². The molecule has 5 rings (SSSR count). The van der Waals surface area contributed by atoms with Gasteiger partial charge in [0.05, 0.1) is 17.6 Å². The second kappa shape index (κ2) is 9.63. The zero-order valence-electron chi connectivity index (χ0n) is 20.8. The summed E-state index contributed by atoms with van der Waals surface area (Å²) in [4.78, 5) is 2.48. The van der Waals surface area contributed by atoms with Crippen LogP contribution in [0.4, 0.5) is 11.4 Å². The third-order valence-corrected chi connectivity index (χ3v) is 8.64. The quantitative estimate of drug-likeness (QED) is 0.389. The van der Waals surface area contributed by atoms with E-state index in [1.165, 1.54) is 25.7 Å². The number of nitrogens with zero attached hydrogens (tertiary/aromatic N) is 4. The van der Waals surface area contributed by atoms with Crippen LogP contribution in [0.5, 0.6) is 0 Å². The van der Waals surface area contributed by atoms with E-state index in [1.54, 1.807) is 24.1 Å². The maximum atomic E-state index is 12.6. The van der Waals surface area contributed by atoms with Gasteiger partial charge in [-0.25, -0.2) is 13.6 Å². The Hall–Kier alpha value is -2.30. The lowest BCUT2D eigenvalue weighted by Crippen LogP contribution is -2.36. The van der Waals surface area contributed by atoms with Crippen molar-refractivity contribution in [1.29, 1.82) is 0 Å². The number of piperidine rings is 1. The van der Waals surface area contributed by atoms with Crippen molar-refractivity contribution in [1.82, 2.24) is 19.7 Å². The van der Waals surface area contributed by atoms with Gasteiger partial charge in [-0.2, -0.15) is 0 Å². The Kier molecular flexibility index (Phi) is 6.71. The molecule has 2 fully saturated rings. The fraction of sp³-hybridized carbons (Fsp3) is 0.520. The van der Waals surface area contributed by atoms with Crippen molar-refractivity contribution < 1.29 is 8.63 Å². The Morgan fingerprint density at radius 1 is 1.11 bits per heavy atom. The van der Waals surface area contributed by atoms with Gasteiger partial charge in [0.2, 0.25) is 5.09 Å². The van der Waals surface area contributed by atoms with E-state index in [4.69, 9.17) is 4.42 Å². The van der Waals surface area contributed by atoms with Crippen molar-refractivity contribution in [2.75, 3.05) is 28.5 Å². The van der Waals surface area contributed by atoms with Gasteiger partial charge >= 0.3 is 0 Å². The zero-order valence-corrected chi connectivity index (χ0v) is 22.5. The zero-order chi connectivity index (χ0) is 24.6. The van der Waals surface area contributed by atoms with Crippen LogP contribution in [0.2, 0.25) is 0 Å². The minimum Gasteiger partial charge on any atom is -0.444 e. The van der Waals surface area contributed by atoms with Gasteiger partial charge in [0.15, 0.2) is 16.7 Å². The minimum absolute atomic E-state index is 0.290. The van der Waals surface area contributed by atoms with Crippen molar-refractivity contribution in [3.8, 4) is 17.1 Å². The monoisotopic (exact) mass is 514 g/mol. The van der Waals surface area contributed by atoms with E-state index in [0.29, 0.717) is 22.0 Å². The SMILES string of the molecule is CCSNc1ccc(-n2cc(-c3ccc(S(=O)NC(C)(C)C)o3)nn2)c(N2CCC3(CC2)CC3)c1. The molecule has 0 radical (unpaired) electrons. The molecule has 1 spiro atoms. The minimum atomic E-state index is -1.44. The van der Waals surface area contributed by atoms with Gasteiger partial charge in [0.25, 0.3) is 0 Å². The number of anilines is 2. The first-order valence-electron chi connectivity index (χ1n) is 12.2. The molecule has 3 aromatic rings. The van der Waals surface area contributed by atoms with Gasteiger partial charge in [-0.15, -0.1) is 5.10 Å². The first kappa shape index (κ1) is 24.4. The average molecular weight is 515 g/mol. The standard InChI is InChI=1S/C25H34N6O2S2/c1-5-34-27-18-6-7-20(21(16-18)30-14-12-25(10-11-25)13-15-30)31-17-19(26-29-31)22-8-9-23(33-22)35(32)28-24(2,3)4/h6-9,16-17,27-28H,5,10-15H2,1-4H3. The van der Waals surface area contributed by atoms with Crippen LogP contribution in [-0.2, 0) is 11.0 Å². The first-order valence-corrected chi connectivity index (χ1v) is 14.4. The van der Waals surface area contributed by atoms with E-state index in [9.17, 15) is 4.21 Å². The number of benzene rings is 1. The van der Waals surface area contributed by atoms with Crippen molar-refractivity contribution in [2.45, 2.75) is 64.0 Å². The molecule has 10 heteroatoms. The molecule has 2 aromatic heterocycles. The van der Waals surface area contributed by atoms with E-state index >= 15 is 0 Å². The second-order valence-corrected chi connectivity index (χ2v) is 12.7. The maximum absolute atomic E-state index is 12.6. The molecule has 2 aliphatic rings. The largest absolute Gasteiger partial charge is 0.444 e. The molecule has 3 heterocycles. The van der Waals surface area contributed by atoms with Crippen molar-refractivity contribution in [3.63, 3.8) is 0 Å². The Bertz CT molecular complexity index is 1200. The van der Waals surface area contributed by atoms with Gasteiger partial charge in [0, 0.05) is 30.1 Å². The van der Waals surface area contributed by atoms with Gasteiger partial charge in [-0.3, -0.25) is 0 Å². The highest BCUT2D eigenvalue weighted by Crippen LogP contribution is 2.54. The van der Waals surface area contributed by atoms with E-state index in [2.05, 4.69) is 49.8 Å². The Labute approximate surface area is 213 Å². The number of furan rings is 1. The Morgan fingerprint density at radius 3 is 2.57 bits per heavy atom. The van der Waals surface area contributed by atoms with E-state index < -0.39 is 11.0 Å². The van der Waals surface area contributed by atoms with Crippen LogP contribution in [0.15, 0.2) is 46.0 Å². The van der Waals surface area contributed by atoms with Gasteiger partial charge in [-0.05, 0) is 82.2 Å². The molecule has 0 amide bonds. The summed E-state index contributed by atoms with van der Waals surface area (Å²) in [6, 6.07) is 9.92. The molecule has 2 N–H and O–H groups in total. The van der Waals surface area contributed by atoms with Crippen LogP contribution in [0.1, 0.15) is 53.4 Å². The number of aromatic nitrogens is 3. The highest BCUT2D eigenvalue weighted by molar-refractivity contribution is 8.00. The summed E-state index contributed by atoms with van der Waals surface area (Å²) in [5.41, 5.74) is 4.17. The smallest absolute Gasteiger partial charge is 0.206 e. The Morgan fingerprint density at radius 2 is 1.89 bits per heavy atom. The molecule has 8 nitrogen and oxygen atoms in total. The van der Waals surface area contributed by atoms with E-state index in [-0.39, 0.29) is 5.54 Å². The summed E-state index contributed by atoms with van der Waals surface area (Å²) in [6.45, 7) is 10.2. The van der Waals surface area contributed by atoms with Crippen molar-refractivity contribution >= 4 is 34.3 Å². The molecule has 1 aromatic carbocycles. The van der Waals surface area contributed by atoms with Crippen LogP contribution < -0.4 is 14.3 Å². The van der Waals surface area contributed by atoms with Gasteiger partial charge in [-0.1, -0.05) is 24.1 Å². The lowest BCUT2D eigenvalue weighted by atomic mass is 9.93. The molecular formula is C25H34N6O2S2. The maximum Gasteiger partial charge on any atom is 0.206 e. The van der Waals surface area contributed by atoms with E-state index in [1.807, 2.05) is 31.6 Å². The fourth-order valence-electron chi connectivity index (χ4n) is 4.47. The van der Waals surface area contributed by atoms with Gasteiger partial charge in [0.1, 0.15) is 5.69 Å². The molecule has 1 unspecified atom stereocenters. The summed E-state index contributed by atoms with van der Waals surface area (Å²) in [5, 5.41) is 9.16. The highest BCUT2D eigenvalue weighted by atomic mass is 32.2. The number of hydrogen-bond donors (Lipinski definition) is 2. The van der Waals surface area contributed by atoms with E-state index in [0.717, 1.165) is 35.9 Å². The summed E-state index contributed by atoms with van der Waals surface area (Å²) < 4.78 is 26.7. The van der Waals surface area contributed by atoms with Crippen LogP contribution in [0.3, 0.4) is 0 Å². The summed E-state index contributed by atoms with van der Waals surface area (Å²) in [5.74, 6) is 1.54. The normalized spacial score (nSPS) is 18.1. The molecule has 1 aliphatic heterocycles. The number of nitrogens with one attached hydrogen (secondary N) is 2. The lowest BCUT2D eigenvalue weighted by molar-refractivity contribution is 0.384. The summed E-state index contributed by atoms with van der Waals surface area (Å²) in [6.07, 6.45) is 7.16. The third-order valence-electron chi connectivity index (χ3n) is 6.59. The molecule has 0 bridgehead atoms. The molecule has 188 valence electrons.